The Morgan fingerprint density at radius 1 is 1.03 bits per heavy atom. The summed E-state index contributed by atoms with van der Waals surface area (Å²) < 4.78 is 34.8. The van der Waals surface area contributed by atoms with Crippen molar-refractivity contribution in [1.82, 2.24) is 4.90 Å². The summed E-state index contributed by atoms with van der Waals surface area (Å²) in [6.45, 7) is 0.778. The molecule has 162 valence electrons. The predicted molar refractivity (Wildman–Crippen MR) is 125 cm³/mol. The minimum Gasteiger partial charge on any atom is -0.385 e. The van der Waals surface area contributed by atoms with Crippen LogP contribution in [0.5, 0.6) is 0 Å². The summed E-state index contributed by atoms with van der Waals surface area (Å²) in [4.78, 5) is 18.3. The fourth-order valence-corrected chi connectivity index (χ4v) is 6.79. The number of carbonyl (C=O) groups is 1. The van der Waals surface area contributed by atoms with Crippen molar-refractivity contribution in [2.45, 2.75) is 16.2 Å². The van der Waals surface area contributed by atoms with E-state index in [1.54, 1.807) is 25.3 Å². The Morgan fingerprint density at radius 3 is 2.45 bits per heavy atom. The number of methoxy groups -OCH3 is 1. The summed E-state index contributed by atoms with van der Waals surface area (Å²) in [5.41, 5.74) is 1.01. The van der Waals surface area contributed by atoms with Gasteiger partial charge in [0.25, 0.3) is 15.9 Å². The maximum absolute atomic E-state index is 13.3. The van der Waals surface area contributed by atoms with Gasteiger partial charge in [-0.3, -0.25) is 9.69 Å². The summed E-state index contributed by atoms with van der Waals surface area (Å²) in [6.07, 6.45) is 0.568. The van der Waals surface area contributed by atoms with Crippen LogP contribution in [0.3, 0.4) is 0 Å². The van der Waals surface area contributed by atoms with Crippen LogP contribution in [-0.2, 0) is 19.6 Å². The molecule has 1 fully saturated rings. The molecule has 0 atom stereocenters. The zero-order valence-electron chi connectivity index (χ0n) is 17.0. The van der Waals surface area contributed by atoms with Gasteiger partial charge >= 0.3 is 0 Å². The molecule has 31 heavy (non-hydrogen) atoms. The Bertz CT molecular complexity index is 1160. The van der Waals surface area contributed by atoms with E-state index in [2.05, 4.69) is 4.40 Å². The average Bonchev–Trinajstić information content (AvgIpc) is 3.26. The van der Waals surface area contributed by atoms with Crippen molar-refractivity contribution in [2.75, 3.05) is 32.2 Å². The second-order valence-corrected chi connectivity index (χ2v) is 10.4. The molecular formula is C21H21N3O4S3. The van der Waals surface area contributed by atoms with E-state index >= 15 is 0 Å². The van der Waals surface area contributed by atoms with Crippen LogP contribution in [0.4, 0.5) is 5.69 Å². The molecule has 1 saturated heterocycles. The van der Waals surface area contributed by atoms with Crippen LogP contribution in [0.2, 0.25) is 0 Å². The zero-order valence-corrected chi connectivity index (χ0v) is 19.5. The third kappa shape index (κ3) is 4.38. The van der Waals surface area contributed by atoms with Crippen LogP contribution in [0.1, 0.15) is 6.42 Å². The van der Waals surface area contributed by atoms with Crippen LogP contribution in [0, 0.1) is 0 Å². The number of amides is 1. The summed E-state index contributed by atoms with van der Waals surface area (Å²) in [5, 5.41) is 0.938. The number of sulfonamides is 1. The Morgan fingerprint density at radius 2 is 1.74 bits per heavy atom. The Kier molecular flexibility index (Phi) is 6.42. The lowest BCUT2D eigenvalue weighted by molar-refractivity contribution is -0.122. The SMILES string of the molecule is COCCCN1C(=O)/C(=C2/Sc3ccccc3N2C)SC1=NS(=O)(=O)c1ccccc1. The van der Waals surface area contributed by atoms with Gasteiger partial charge in [-0.05, 0) is 42.4 Å². The summed E-state index contributed by atoms with van der Waals surface area (Å²) >= 11 is 2.60. The number of ether oxygens (including phenoxy) is 1. The highest BCUT2D eigenvalue weighted by Gasteiger charge is 2.39. The number of amidine groups is 1. The van der Waals surface area contributed by atoms with E-state index < -0.39 is 10.0 Å². The number of rotatable bonds is 6. The first-order valence-electron chi connectivity index (χ1n) is 9.56. The number of fused-ring (bicyclic) bond motifs is 1. The number of benzene rings is 2. The number of anilines is 1. The number of para-hydroxylation sites is 1. The fourth-order valence-electron chi connectivity index (χ4n) is 3.22. The van der Waals surface area contributed by atoms with E-state index in [0.29, 0.717) is 24.5 Å². The average molecular weight is 476 g/mol. The first-order chi connectivity index (χ1) is 14.9. The molecule has 0 radical (unpaired) electrons. The number of hydrogen-bond acceptors (Lipinski definition) is 7. The molecule has 4 rings (SSSR count). The normalized spacial score (nSPS) is 20.1. The minimum absolute atomic E-state index is 0.0910. The lowest BCUT2D eigenvalue weighted by atomic mass is 10.3. The molecule has 0 spiro atoms. The van der Waals surface area contributed by atoms with Gasteiger partial charge in [0.1, 0.15) is 4.91 Å². The zero-order chi connectivity index (χ0) is 22.0. The van der Waals surface area contributed by atoms with E-state index in [-0.39, 0.29) is 16.0 Å². The molecule has 2 aliphatic heterocycles. The van der Waals surface area contributed by atoms with Gasteiger partial charge in [-0.2, -0.15) is 8.42 Å². The standard InChI is InChI=1S/C21H21N3O4S3/c1-23-16-11-6-7-12-17(16)29-20(23)18-19(25)24(13-8-14-28-2)21(30-18)22-31(26,27)15-9-4-3-5-10-15/h3-7,9-12H,8,13-14H2,1-2H3/b20-18-,22-21?. The molecule has 0 bridgehead atoms. The molecule has 1 amide bonds. The van der Waals surface area contributed by atoms with E-state index in [9.17, 15) is 13.2 Å². The van der Waals surface area contributed by atoms with Crippen LogP contribution < -0.4 is 4.90 Å². The third-order valence-electron chi connectivity index (χ3n) is 4.77. The van der Waals surface area contributed by atoms with Gasteiger partial charge in [0, 0.05) is 32.2 Å². The van der Waals surface area contributed by atoms with Gasteiger partial charge in [-0.25, -0.2) is 0 Å². The van der Waals surface area contributed by atoms with Crippen molar-refractivity contribution < 1.29 is 17.9 Å². The fraction of sp³-hybridized carbons (Fsp3) is 0.238. The van der Waals surface area contributed by atoms with Crippen molar-refractivity contribution >= 4 is 50.3 Å². The highest BCUT2D eigenvalue weighted by molar-refractivity contribution is 8.19. The molecule has 2 aromatic rings. The van der Waals surface area contributed by atoms with Crippen LogP contribution in [0.15, 0.2) is 78.7 Å². The largest absolute Gasteiger partial charge is 0.385 e. The monoisotopic (exact) mass is 475 g/mol. The molecule has 2 heterocycles. The summed E-state index contributed by atoms with van der Waals surface area (Å²) in [6, 6.07) is 15.9. The first kappa shape index (κ1) is 21.9. The minimum atomic E-state index is -3.95. The lowest BCUT2D eigenvalue weighted by Gasteiger charge is -2.16. The topological polar surface area (TPSA) is 79.3 Å². The molecule has 0 aromatic heterocycles. The van der Waals surface area contributed by atoms with Gasteiger partial charge in [-0.1, -0.05) is 42.1 Å². The van der Waals surface area contributed by atoms with Crippen molar-refractivity contribution in [3.8, 4) is 0 Å². The smallest absolute Gasteiger partial charge is 0.284 e. The second kappa shape index (κ2) is 9.07. The molecule has 0 aliphatic carbocycles. The van der Waals surface area contributed by atoms with E-state index in [0.717, 1.165) is 27.4 Å². The Balaban J connectivity index is 1.72. The second-order valence-electron chi connectivity index (χ2n) is 6.83. The van der Waals surface area contributed by atoms with Gasteiger partial charge in [0.05, 0.1) is 15.6 Å². The molecular weight excluding hydrogens is 454 g/mol. The molecule has 0 N–H and O–H groups in total. The summed E-state index contributed by atoms with van der Waals surface area (Å²) in [7, 11) is -0.455. The van der Waals surface area contributed by atoms with Crippen molar-refractivity contribution in [1.29, 1.82) is 0 Å². The van der Waals surface area contributed by atoms with Crippen LogP contribution >= 0.6 is 23.5 Å². The van der Waals surface area contributed by atoms with Gasteiger partial charge in [0.2, 0.25) is 0 Å². The molecule has 7 nitrogen and oxygen atoms in total. The van der Waals surface area contributed by atoms with Gasteiger partial charge in [0.15, 0.2) is 5.17 Å². The Hall–Kier alpha value is -2.27. The van der Waals surface area contributed by atoms with E-state index in [4.69, 9.17) is 4.74 Å². The molecule has 2 aliphatic rings. The van der Waals surface area contributed by atoms with Gasteiger partial charge < -0.3 is 9.64 Å². The predicted octanol–water partition coefficient (Wildman–Crippen LogP) is 3.75. The highest BCUT2D eigenvalue weighted by atomic mass is 32.2. The maximum atomic E-state index is 13.3. The van der Waals surface area contributed by atoms with Crippen LogP contribution in [0.25, 0.3) is 0 Å². The first-order valence-corrected chi connectivity index (χ1v) is 12.6. The number of nitrogens with zero attached hydrogens (tertiary/aromatic N) is 3. The molecule has 0 saturated carbocycles. The third-order valence-corrected chi connectivity index (χ3v) is 8.59. The lowest BCUT2D eigenvalue weighted by Crippen LogP contribution is -2.31. The van der Waals surface area contributed by atoms with Crippen molar-refractivity contribution in [3.63, 3.8) is 0 Å². The maximum Gasteiger partial charge on any atom is 0.284 e. The van der Waals surface area contributed by atoms with Crippen molar-refractivity contribution in [2.24, 2.45) is 4.40 Å². The van der Waals surface area contributed by atoms with Crippen molar-refractivity contribution in [3.05, 3.63) is 64.5 Å². The number of carbonyl (C=O) groups excluding carboxylic acids is 1. The highest BCUT2D eigenvalue weighted by Crippen LogP contribution is 2.49. The van der Waals surface area contributed by atoms with Gasteiger partial charge in [-0.15, -0.1) is 4.40 Å². The number of thioether (sulfide) groups is 2. The summed E-state index contributed by atoms with van der Waals surface area (Å²) in [5.74, 6) is -0.245. The molecule has 2 aromatic carbocycles. The van der Waals surface area contributed by atoms with E-state index in [1.165, 1.54) is 28.8 Å². The Labute approximate surface area is 190 Å². The quantitative estimate of drug-likeness (QED) is 0.465. The molecule has 10 heteroatoms. The molecule has 0 unspecified atom stereocenters. The van der Waals surface area contributed by atoms with Crippen LogP contribution in [-0.4, -0.2) is 51.7 Å². The number of hydrogen-bond donors (Lipinski definition) is 0. The van der Waals surface area contributed by atoms with E-state index in [1.807, 2.05) is 36.2 Å².